The van der Waals surface area contributed by atoms with Gasteiger partial charge < -0.3 is 0 Å². The molecule has 0 saturated carbocycles. The highest BCUT2D eigenvalue weighted by Crippen LogP contribution is 2.18. The number of hydrogen-bond donors (Lipinski definition) is 0. The number of imidazole rings is 1. The summed E-state index contributed by atoms with van der Waals surface area (Å²) in [5.41, 5.74) is 3.27. The summed E-state index contributed by atoms with van der Waals surface area (Å²) in [5, 5.41) is 0.621. The molecule has 0 N–H and O–H groups in total. The van der Waals surface area contributed by atoms with Crippen LogP contribution in [0.15, 0.2) is 48.7 Å². The number of aromatic nitrogens is 2. The van der Waals surface area contributed by atoms with E-state index >= 15 is 0 Å². The molecule has 0 bridgehead atoms. The van der Waals surface area contributed by atoms with Crippen LogP contribution in [0.3, 0.4) is 0 Å². The number of aryl methyl sites for hydroxylation is 2. The molecule has 0 aliphatic heterocycles. The Morgan fingerprint density at radius 1 is 1.24 bits per heavy atom. The number of pyridine rings is 1. The summed E-state index contributed by atoms with van der Waals surface area (Å²) in [6.45, 7) is 1.86. The van der Waals surface area contributed by atoms with Gasteiger partial charge in [0.25, 0.3) is 0 Å². The van der Waals surface area contributed by atoms with E-state index in [2.05, 4.69) is 4.98 Å². The van der Waals surface area contributed by atoms with Gasteiger partial charge in [-0.15, -0.1) is 0 Å². The lowest BCUT2D eigenvalue weighted by Gasteiger charge is -2.03. The fourth-order valence-corrected chi connectivity index (χ4v) is 2.65. The van der Waals surface area contributed by atoms with E-state index in [0.29, 0.717) is 22.8 Å². The number of Topliss-reactive ketones (excluding diaryl/α,β-unsaturated/α-hetero) is 1. The molecule has 0 atom stereocenters. The first-order valence-electron chi connectivity index (χ1n) is 6.86. The van der Waals surface area contributed by atoms with Gasteiger partial charge in [0.2, 0.25) is 0 Å². The van der Waals surface area contributed by atoms with Crippen molar-refractivity contribution in [2.45, 2.75) is 19.8 Å². The van der Waals surface area contributed by atoms with Crippen LogP contribution in [0.5, 0.6) is 0 Å². The highest BCUT2D eigenvalue weighted by atomic mass is 35.5. The lowest BCUT2D eigenvalue weighted by atomic mass is 10.1. The third kappa shape index (κ3) is 2.83. The molecule has 0 aliphatic carbocycles. The van der Waals surface area contributed by atoms with Crippen LogP contribution in [-0.2, 0) is 6.42 Å². The van der Waals surface area contributed by atoms with Gasteiger partial charge in [0, 0.05) is 23.7 Å². The minimum Gasteiger partial charge on any atom is -0.297 e. The summed E-state index contributed by atoms with van der Waals surface area (Å²) in [5.74, 6) is 0.103. The van der Waals surface area contributed by atoms with Crippen LogP contribution in [0.25, 0.3) is 5.65 Å². The Kier molecular flexibility index (Phi) is 3.76. The summed E-state index contributed by atoms with van der Waals surface area (Å²) in [6, 6.07) is 13.6. The van der Waals surface area contributed by atoms with Crippen molar-refractivity contribution in [3.05, 3.63) is 70.6 Å². The van der Waals surface area contributed by atoms with Crippen molar-refractivity contribution < 1.29 is 4.79 Å². The van der Waals surface area contributed by atoms with E-state index in [1.54, 1.807) is 18.3 Å². The highest BCUT2D eigenvalue weighted by molar-refractivity contribution is 6.30. The summed E-state index contributed by atoms with van der Waals surface area (Å²) < 4.78 is 1.81. The topological polar surface area (TPSA) is 34.4 Å². The Bertz CT molecular complexity index is 793. The molecular formula is C17H15ClN2O. The Labute approximate surface area is 128 Å². The van der Waals surface area contributed by atoms with Gasteiger partial charge >= 0.3 is 0 Å². The normalized spacial score (nSPS) is 11.0. The van der Waals surface area contributed by atoms with Crippen molar-refractivity contribution in [1.29, 1.82) is 0 Å². The zero-order chi connectivity index (χ0) is 14.8. The van der Waals surface area contributed by atoms with E-state index < -0.39 is 0 Å². The van der Waals surface area contributed by atoms with Crippen molar-refractivity contribution in [2.24, 2.45) is 0 Å². The van der Waals surface area contributed by atoms with Crippen LogP contribution in [-0.4, -0.2) is 15.2 Å². The third-order valence-electron chi connectivity index (χ3n) is 3.51. The van der Waals surface area contributed by atoms with E-state index in [-0.39, 0.29) is 5.78 Å². The maximum absolute atomic E-state index is 12.5. The van der Waals surface area contributed by atoms with Crippen LogP contribution >= 0.6 is 11.6 Å². The van der Waals surface area contributed by atoms with Crippen LogP contribution in [0.2, 0.25) is 5.02 Å². The minimum atomic E-state index is 0.103. The van der Waals surface area contributed by atoms with Gasteiger partial charge in [-0.25, -0.2) is 4.98 Å². The SMILES string of the molecule is Cc1nc2cc(Cl)ccn2c1C(=O)CCc1ccccc1. The van der Waals surface area contributed by atoms with E-state index in [9.17, 15) is 4.79 Å². The van der Waals surface area contributed by atoms with Gasteiger partial charge in [0.15, 0.2) is 5.78 Å². The van der Waals surface area contributed by atoms with Gasteiger partial charge in [0.05, 0.1) is 5.69 Å². The van der Waals surface area contributed by atoms with Gasteiger partial charge in [-0.3, -0.25) is 9.20 Å². The first kappa shape index (κ1) is 13.8. The third-order valence-corrected chi connectivity index (χ3v) is 3.75. The molecule has 1 aromatic carbocycles. The molecule has 0 aliphatic rings. The average Bonchev–Trinajstić information content (AvgIpc) is 2.81. The standard InChI is InChI=1S/C17H15ClN2O/c1-12-17(20-10-9-14(18)11-16(20)19-12)15(21)8-7-13-5-3-2-4-6-13/h2-6,9-11H,7-8H2,1H3. The lowest BCUT2D eigenvalue weighted by molar-refractivity contribution is 0.0976. The molecule has 0 saturated heterocycles. The molecule has 2 aromatic heterocycles. The maximum Gasteiger partial charge on any atom is 0.181 e. The number of ketones is 1. The van der Waals surface area contributed by atoms with Crippen molar-refractivity contribution in [2.75, 3.05) is 0 Å². The Balaban J connectivity index is 1.86. The highest BCUT2D eigenvalue weighted by Gasteiger charge is 2.16. The predicted octanol–water partition coefficient (Wildman–Crippen LogP) is 4.11. The number of halogens is 1. The molecular weight excluding hydrogens is 284 g/mol. The van der Waals surface area contributed by atoms with Crippen LogP contribution in [0.4, 0.5) is 0 Å². The second kappa shape index (κ2) is 5.70. The van der Waals surface area contributed by atoms with Crippen molar-refractivity contribution in [3.63, 3.8) is 0 Å². The largest absolute Gasteiger partial charge is 0.297 e. The summed E-state index contributed by atoms with van der Waals surface area (Å²) in [4.78, 5) is 16.9. The number of benzene rings is 1. The molecule has 3 nitrogen and oxygen atoms in total. The molecule has 4 heteroatoms. The van der Waals surface area contributed by atoms with Crippen molar-refractivity contribution in [1.82, 2.24) is 9.38 Å². The lowest BCUT2D eigenvalue weighted by Crippen LogP contribution is -2.06. The fourth-order valence-electron chi connectivity index (χ4n) is 2.49. The van der Waals surface area contributed by atoms with E-state index in [1.807, 2.05) is 41.7 Å². The Hall–Kier alpha value is -2.13. The predicted molar refractivity (Wildman–Crippen MR) is 84.0 cm³/mol. The van der Waals surface area contributed by atoms with E-state index in [0.717, 1.165) is 12.1 Å². The molecule has 0 unspecified atom stereocenters. The average molecular weight is 299 g/mol. The molecule has 2 heterocycles. The van der Waals surface area contributed by atoms with Crippen LogP contribution in [0, 0.1) is 6.92 Å². The molecule has 21 heavy (non-hydrogen) atoms. The molecule has 0 spiro atoms. The first-order valence-corrected chi connectivity index (χ1v) is 7.24. The Morgan fingerprint density at radius 2 is 2.00 bits per heavy atom. The zero-order valence-corrected chi connectivity index (χ0v) is 12.5. The number of carbonyl (C=O) groups excluding carboxylic acids is 1. The van der Waals surface area contributed by atoms with E-state index in [4.69, 9.17) is 11.6 Å². The quantitative estimate of drug-likeness (QED) is 0.679. The summed E-state index contributed by atoms with van der Waals surface area (Å²) in [7, 11) is 0. The zero-order valence-electron chi connectivity index (χ0n) is 11.7. The second-order valence-corrected chi connectivity index (χ2v) is 5.46. The molecule has 3 rings (SSSR count). The monoisotopic (exact) mass is 298 g/mol. The van der Waals surface area contributed by atoms with E-state index in [1.165, 1.54) is 5.56 Å². The van der Waals surface area contributed by atoms with Gasteiger partial charge in [-0.2, -0.15) is 0 Å². The van der Waals surface area contributed by atoms with Gasteiger partial charge in [0.1, 0.15) is 11.3 Å². The number of nitrogens with zero attached hydrogens (tertiary/aromatic N) is 2. The number of rotatable bonds is 4. The van der Waals surface area contributed by atoms with Gasteiger partial charge in [-0.1, -0.05) is 41.9 Å². The minimum absolute atomic E-state index is 0.103. The molecule has 106 valence electrons. The fraction of sp³-hybridized carbons (Fsp3) is 0.176. The molecule has 3 aromatic rings. The summed E-state index contributed by atoms with van der Waals surface area (Å²) >= 11 is 5.96. The smallest absolute Gasteiger partial charge is 0.181 e. The van der Waals surface area contributed by atoms with Crippen molar-refractivity contribution in [3.8, 4) is 0 Å². The van der Waals surface area contributed by atoms with Crippen LogP contribution in [0.1, 0.15) is 28.2 Å². The Morgan fingerprint density at radius 3 is 2.76 bits per heavy atom. The van der Waals surface area contributed by atoms with Gasteiger partial charge in [-0.05, 0) is 25.0 Å². The maximum atomic E-state index is 12.5. The number of fused-ring (bicyclic) bond motifs is 1. The molecule has 0 fully saturated rings. The van der Waals surface area contributed by atoms with Crippen LogP contribution < -0.4 is 0 Å². The number of hydrogen-bond acceptors (Lipinski definition) is 2. The molecule has 0 radical (unpaired) electrons. The molecule has 0 amide bonds. The first-order chi connectivity index (χ1) is 10.1. The summed E-state index contributed by atoms with van der Waals surface area (Å²) in [6.07, 6.45) is 3.01. The second-order valence-electron chi connectivity index (χ2n) is 5.03. The number of carbonyl (C=O) groups is 1. The van der Waals surface area contributed by atoms with Crippen molar-refractivity contribution >= 4 is 23.0 Å².